The minimum atomic E-state index is -0.288. The van der Waals surface area contributed by atoms with Crippen LogP contribution < -0.4 is 5.43 Å². The van der Waals surface area contributed by atoms with Crippen LogP contribution in [-0.2, 0) is 11.3 Å². The second-order valence-electron chi connectivity index (χ2n) is 3.41. The quantitative estimate of drug-likeness (QED) is 0.663. The number of amides is 1. The molecule has 0 saturated heterocycles. The Labute approximate surface area is 108 Å². The summed E-state index contributed by atoms with van der Waals surface area (Å²) in [4.78, 5) is 15.2. The highest BCUT2D eigenvalue weighted by Gasteiger charge is 2.01. The van der Waals surface area contributed by atoms with E-state index in [4.69, 9.17) is 11.6 Å². The van der Waals surface area contributed by atoms with Crippen molar-refractivity contribution in [2.45, 2.75) is 6.54 Å². The van der Waals surface area contributed by atoms with Crippen molar-refractivity contribution in [2.24, 2.45) is 5.10 Å². The van der Waals surface area contributed by atoms with Gasteiger partial charge in [0.25, 0.3) is 5.91 Å². The van der Waals surface area contributed by atoms with Gasteiger partial charge in [0, 0.05) is 10.6 Å². The highest BCUT2D eigenvalue weighted by molar-refractivity contribution is 6.33. The molecule has 0 aliphatic heterocycles. The molecule has 1 aromatic heterocycles. The molecule has 0 fully saturated rings. The number of hydrogen-bond acceptors (Lipinski definition) is 4. The molecule has 18 heavy (non-hydrogen) atoms. The van der Waals surface area contributed by atoms with Crippen LogP contribution in [0.25, 0.3) is 0 Å². The van der Waals surface area contributed by atoms with Crippen molar-refractivity contribution in [2.75, 3.05) is 0 Å². The van der Waals surface area contributed by atoms with Crippen LogP contribution in [0.4, 0.5) is 0 Å². The summed E-state index contributed by atoms with van der Waals surface area (Å²) >= 11 is 5.93. The van der Waals surface area contributed by atoms with Crippen LogP contribution in [0.15, 0.2) is 42.0 Å². The molecule has 6 nitrogen and oxygen atoms in total. The smallest absolute Gasteiger partial charge is 0.261 e. The van der Waals surface area contributed by atoms with Crippen molar-refractivity contribution < 1.29 is 4.79 Å². The van der Waals surface area contributed by atoms with E-state index in [0.29, 0.717) is 5.02 Å². The van der Waals surface area contributed by atoms with Crippen molar-refractivity contribution >= 4 is 23.7 Å². The van der Waals surface area contributed by atoms with Crippen LogP contribution in [0.5, 0.6) is 0 Å². The maximum Gasteiger partial charge on any atom is 0.261 e. The van der Waals surface area contributed by atoms with Crippen LogP contribution in [-0.4, -0.2) is 26.9 Å². The number of aromatic nitrogens is 3. The van der Waals surface area contributed by atoms with Crippen LogP contribution in [0, 0.1) is 0 Å². The summed E-state index contributed by atoms with van der Waals surface area (Å²) in [6, 6.07) is 7.21. The summed E-state index contributed by atoms with van der Waals surface area (Å²) in [5.41, 5.74) is 3.12. The molecule has 0 spiro atoms. The summed E-state index contributed by atoms with van der Waals surface area (Å²) in [6.45, 7) is 0.0693. The monoisotopic (exact) mass is 263 g/mol. The van der Waals surface area contributed by atoms with Gasteiger partial charge in [-0.1, -0.05) is 29.8 Å². The Morgan fingerprint density at radius 3 is 3.06 bits per heavy atom. The Bertz CT molecular complexity index is 552. The van der Waals surface area contributed by atoms with Gasteiger partial charge in [0.05, 0.1) is 6.21 Å². The van der Waals surface area contributed by atoms with Crippen LogP contribution in [0.1, 0.15) is 5.56 Å². The Balaban J connectivity index is 1.88. The third-order valence-electron chi connectivity index (χ3n) is 2.07. The molecule has 1 amide bonds. The number of hydrazone groups is 1. The predicted molar refractivity (Wildman–Crippen MR) is 67.2 cm³/mol. The number of nitrogens with one attached hydrogen (secondary N) is 1. The number of nitrogens with zero attached hydrogens (tertiary/aromatic N) is 4. The van der Waals surface area contributed by atoms with Crippen LogP contribution >= 0.6 is 11.6 Å². The molecule has 0 atom stereocenters. The molecule has 2 rings (SSSR count). The molecule has 2 aromatic rings. The second-order valence-corrected chi connectivity index (χ2v) is 3.81. The van der Waals surface area contributed by atoms with Gasteiger partial charge in [-0.05, 0) is 6.07 Å². The fourth-order valence-corrected chi connectivity index (χ4v) is 1.44. The van der Waals surface area contributed by atoms with E-state index in [-0.39, 0.29) is 12.5 Å². The molecule has 7 heteroatoms. The van der Waals surface area contributed by atoms with E-state index in [9.17, 15) is 4.79 Å². The van der Waals surface area contributed by atoms with Crippen molar-refractivity contribution in [1.29, 1.82) is 0 Å². The molecule has 0 unspecified atom stereocenters. The van der Waals surface area contributed by atoms with Gasteiger partial charge in [0.15, 0.2) is 0 Å². The average molecular weight is 264 g/mol. The normalized spacial score (nSPS) is 10.7. The zero-order chi connectivity index (χ0) is 12.8. The largest absolute Gasteiger partial charge is 0.271 e. The van der Waals surface area contributed by atoms with Crippen molar-refractivity contribution in [1.82, 2.24) is 20.2 Å². The van der Waals surface area contributed by atoms with Gasteiger partial charge in [0.1, 0.15) is 19.2 Å². The Morgan fingerprint density at radius 1 is 1.50 bits per heavy atom. The predicted octanol–water partition coefficient (Wildman–Crippen LogP) is 1.08. The van der Waals surface area contributed by atoms with Crippen LogP contribution in [0.3, 0.4) is 0 Å². The molecule has 92 valence electrons. The Kier molecular flexibility index (Phi) is 4.03. The lowest BCUT2D eigenvalue weighted by Crippen LogP contribution is -2.23. The van der Waals surface area contributed by atoms with Gasteiger partial charge in [0.2, 0.25) is 0 Å². The average Bonchev–Trinajstić information content (AvgIpc) is 2.84. The van der Waals surface area contributed by atoms with E-state index in [0.717, 1.165) is 5.56 Å². The highest BCUT2D eigenvalue weighted by atomic mass is 35.5. The van der Waals surface area contributed by atoms with Gasteiger partial charge in [-0.15, -0.1) is 0 Å². The lowest BCUT2D eigenvalue weighted by molar-refractivity contribution is -0.121. The van der Waals surface area contributed by atoms with E-state index < -0.39 is 0 Å². The maximum absolute atomic E-state index is 11.4. The number of halogens is 1. The summed E-state index contributed by atoms with van der Waals surface area (Å²) in [6.07, 6.45) is 4.30. The SMILES string of the molecule is O=C(Cn1cncn1)N/N=C\c1ccccc1Cl. The summed E-state index contributed by atoms with van der Waals surface area (Å²) in [5, 5.41) is 8.20. The first-order valence-electron chi connectivity index (χ1n) is 5.14. The summed E-state index contributed by atoms with van der Waals surface area (Å²) < 4.78 is 1.40. The Morgan fingerprint density at radius 2 is 2.33 bits per heavy atom. The number of hydrogen-bond donors (Lipinski definition) is 1. The third-order valence-corrected chi connectivity index (χ3v) is 2.41. The highest BCUT2D eigenvalue weighted by Crippen LogP contribution is 2.11. The molecule has 0 bridgehead atoms. The molecule has 1 heterocycles. The van der Waals surface area contributed by atoms with Gasteiger partial charge < -0.3 is 0 Å². The first-order valence-corrected chi connectivity index (χ1v) is 5.52. The molecular weight excluding hydrogens is 254 g/mol. The van der Waals surface area contributed by atoms with Crippen LogP contribution in [0.2, 0.25) is 5.02 Å². The van der Waals surface area contributed by atoms with Crippen molar-refractivity contribution in [3.63, 3.8) is 0 Å². The van der Waals surface area contributed by atoms with E-state index in [1.54, 1.807) is 12.1 Å². The second kappa shape index (κ2) is 5.92. The van der Waals surface area contributed by atoms with E-state index in [2.05, 4.69) is 20.6 Å². The zero-order valence-corrected chi connectivity index (χ0v) is 10.1. The Hall–Kier alpha value is -2.21. The van der Waals surface area contributed by atoms with Gasteiger partial charge in [-0.2, -0.15) is 10.2 Å². The van der Waals surface area contributed by atoms with Crippen molar-refractivity contribution in [3.8, 4) is 0 Å². The minimum Gasteiger partial charge on any atom is -0.271 e. The molecule has 0 saturated carbocycles. The molecule has 0 radical (unpaired) electrons. The topological polar surface area (TPSA) is 72.2 Å². The first kappa shape index (κ1) is 12.3. The number of carbonyl (C=O) groups is 1. The lowest BCUT2D eigenvalue weighted by Gasteiger charge is -1.99. The van der Waals surface area contributed by atoms with Crippen molar-refractivity contribution in [3.05, 3.63) is 47.5 Å². The molecule has 1 aromatic carbocycles. The number of benzene rings is 1. The first-order chi connectivity index (χ1) is 8.75. The van der Waals surface area contributed by atoms with E-state index in [1.165, 1.54) is 23.6 Å². The number of carbonyl (C=O) groups excluding carboxylic acids is 1. The van der Waals surface area contributed by atoms with Gasteiger partial charge >= 0.3 is 0 Å². The molecule has 0 aliphatic carbocycles. The van der Waals surface area contributed by atoms with E-state index >= 15 is 0 Å². The summed E-state index contributed by atoms with van der Waals surface area (Å²) in [5.74, 6) is -0.288. The standard InChI is InChI=1S/C11H10ClN5O/c12-10-4-2-1-3-9(10)5-14-16-11(18)6-17-8-13-7-15-17/h1-5,7-8H,6H2,(H,16,18)/b14-5-. The van der Waals surface area contributed by atoms with E-state index in [1.807, 2.05) is 12.1 Å². The van der Waals surface area contributed by atoms with Gasteiger partial charge in [-0.3, -0.25) is 4.79 Å². The maximum atomic E-state index is 11.4. The molecular formula is C11H10ClN5O. The summed E-state index contributed by atoms with van der Waals surface area (Å²) in [7, 11) is 0. The third kappa shape index (κ3) is 3.39. The minimum absolute atomic E-state index is 0.0693. The zero-order valence-electron chi connectivity index (χ0n) is 9.32. The fraction of sp³-hybridized carbons (Fsp3) is 0.0909. The lowest BCUT2D eigenvalue weighted by atomic mass is 10.2. The molecule has 0 aliphatic rings. The molecule has 1 N–H and O–H groups in total. The van der Waals surface area contributed by atoms with Gasteiger partial charge in [-0.25, -0.2) is 15.1 Å². The number of rotatable bonds is 4. The fourth-order valence-electron chi connectivity index (χ4n) is 1.25.